The molecule has 3 nitrogen and oxygen atoms in total. The van der Waals surface area contributed by atoms with Gasteiger partial charge in [0.25, 0.3) is 0 Å². The third-order valence-corrected chi connectivity index (χ3v) is 2.93. The Kier molecular flexibility index (Phi) is 3.67. The predicted molar refractivity (Wildman–Crippen MR) is 58.1 cm³/mol. The summed E-state index contributed by atoms with van der Waals surface area (Å²) in [6.07, 6.45) is 0.829. The smallest absolute Gasteiger partial charge is 0.152 e. The Morgan fingerprint density at radius 1 is 1.36 bits per heavy atom. The summed E-state index contributed by atoms with van der Waals surface area (Å²) in [6, 6.07) is 0.645. The maximum Gasteiger partial charge on any atom is 0.152 e. The van der Waals surface area contributed by atoms with E-state index in [0.29, 0.717) is 11.8 Å². The highest BCUT2D eigenvalue weighted by Gasteiger charge is 2.36. The summed E-state index contributed by atoms with van der Waals surface area (Å²) in [6.45, 7) is 9.04. The molecule has 1 fully saturated rings. The highest BCUT2D eigenvalue weighted by molar-refractivity contribution is 5.86. The normalized spacial score (nSPS) is 29.1. The van der Waals surface area contributed by atoms with Gasteiger partial charge in [0.2, 0.25) is 0 Å². The molecular weight excluding hydrogens is 176 g/mol. The molecule has 0 aliphatic carbocycles. The number of carbonyl (C=O) groups is 1. The van der Waals surface area contributed by atoms with E-state index in [9.17, 15) is 4.79 Å². The van der Waals surface area contributed by atoms with E-state index >= 15 is 0 Å². The van der Waals surface area contributed by atoms with Crippen LogP contribution < -0.4 is 5.73 Å². The van der Waals surface area contributed by atoms with Crippen molar-refractivity contribution in [3.63, 3.8) is 0 Å². The first-order valence-corrected chi connectivity index (χ1v) is 5.48. The highest BCUT2D eigenvalue weighted by atomic mass is 16.1. The van der Waals surface area contributed by atoms with Crippen molar-refractivity contribution in [1.82, 2.24) is 4.90 Å². The second-order valence-electron chi connectivity index (χ2n) is 4.86. The Morgan fingerprint density at radius 3 is 2.36 bits per heavy atom. The molecule has 0 aromatic carbocycles. The van der Waals surface area contributed by atoms with Crippen LogP contribution in [0.3, 0.4) is 0 Å². The molecule has 0 bridgehead atoms. The maximum atomic E-state index is 11.9. The van der Waals surface area contributed by atoms with E-state index in [1.54, 1.807) is 0 Å². The lowest BCUT2D eigenvalue weighted by molar-refractivity contribution is -0.126. The quantitative estimate of drug-likeness (QED) is 0.736. The van der Waals surface area contributed by atoms with Crippen LogP contribution in [0.1, 0.15) is 34.1 Å². The monoisotopic (exact) mass is 198 g/mol. The Labute approximate surface area is 86.6 Å². The molecule has 1 aliphatic rings. The molecule has 0 radical (unpaired) electrons. The summed E-state index contributed by atoms with van der Waals surface area (Å²) in [7, 11) is 0. The minimum Gasteiger partial charge on any atom is -0.326 e. The van der Waals surface area contributed by atoms with Crippen LogP contribution in [0.15, 0.2) is 0 Å². The van der Waals surface area contributed by atoms with Crippen molar-refractivity contribution >= 4 is 5.78 Å². The SMILES string of the molecule is CC(C)C(=O)[C@@H]1CC(N)CN1C(C)C. The number of ketones is 1. The molecule has 0 amide bonds. The zero-order valence-corrected chi connectivity index (χ0v) is 9.66. The van der Waals surface area contributed by atoms with Crippen molar-refractivity contribution in [2.75, 3.05) is 6.54 Å². The third kappa shape index (κ3) is 2.34. The van der Waals surface area contributed by atoms with Gasteiger partial charge in [-0.2, -0.15) is 0 Å². The fourth-order valence-electron chi connectivity index (χ4n) is 2.13. The number of hydrogen-bond donors (Lipinski definition) is 1. The molecule has 14 heavy (non-hydrogen) atoms. The van der Waals surface area contributed by atoms with Crippen LogP contribution in [-0.2, 0) is 4.79 Å². The Morgan fingerprint density at radius 2 is 1.93 bits per heavy atom. The fraction of sp³-hybridized carbons (Fsp3) is 0.909. The number of Topliss-reactive ketones (excluding diaryl/α,β-unsaturated/α-hetero) is 1. The Bertz CT molecular complexity index is 213. The molecule has 0 saturated carbocycles. The lowest BCUT2D eigenvalue weighted by Crippen LogP contribution is -2.42. The van der Waals surface area contributed by atoms with Gasteiger partial charge in [-0.05, 0) is 20.3 Å². The molecule has 1 saturated heterocycles. The lowest BCUT2D eigenvalue weighted by atomic mass is 9.98. The minimum absolute atomic E-state index is 0.0602. The molecule has 2 atom stereocenters. The molecule has 1 heterocycles. The number of nitrogens with zero attached hydrogens (tertiary/aromatic N) is 1. The topological polar surface area (TPSA) is 46.3 Å². The number of nitrogens with two attached hydrogens (primary N) is 1. The predicted octanol–water partition coefficient (Wildman–Crippen LogP) is 1.02. The first-order valence-electron chi connectivity index (χ1n) is 5.48. The summed E-state index contributed by atoms with van der Waals surface area (Å²) in [5.74, 6) is 0.457. The molecule has 1 aliphatic heterocycles. The van der Waals surface area contributed by atoms with Crippen molar-refractivity contribution < 1.29 is 4.79 Å². The Balaban J connectivity index is 2.71. The zero-order valence-electron chi connectivity index (χ0n) is 9.66. The van der Waals surface area contributed by atoms with E-state index in [2.05, 4.69) is 18.7 Å². The molecule has 3 heteroatoms. The van der Waals surface area contributed by atoms with E-state index in [0.717, 1.165) is 13.0 Å². The summed E-state index contributed by atoms with van der Waals surface area (Å²) >= 11 is 0. The van der Waals surface area contributed by atoms with Crippen molar-refractivity contribution in [3.8, 4) is 0 Å². The first kappa shape index (κ1) is 11.7. The molecule has 1 unspecified atom stereocenters. The van der Waals surface area contributed by atoms with Crippen LogP contribution in [-0.4, -0.2) is 35.4 Å². The van der Waals surface area contributed by atoms with E-state index < -0.39 is 0 Å². The number of carbonyl (C=O) groups excluding carboxylic acids is 1. The van der Waals surface area contributed by atoms with Gasteiger partial charge in [0.1, 0.15) is 0 Å². The summed E-state index contributed by atoms with van der Waals surface area (Å²) in [4.78, 5) is 14.1. The van der Waals surface area contributed by atoms with Crippen molar-refractivity contribution in [1.29, 1.82) is 0 Å². The van der Waals surface area contributed by atoms with E-state index in [-0.39, 0.29) is 18.0 Å². The van der Waals surface area contributed by atoms with Gasteiger partial charge in [0.05, 0.1) is 6.04 Å². The van der Waals surface area contributed by atoms with Crippen molar-refractivity contribution in [2.24, 2.45) is 11.7 Å². The van der Waals surface area contributed by atoms with Crippen molar-refractivity contribution in [3.05, 3.63) is 0 Å². The molecular formula is C11H22N2O. The fourth-order valence-corrected chi connectivity index (χ4v) is 2.13. The molecule has 0 spiro atoms. The molecule has 82 valence electrons. The van der Waals surface area contributed by atoms with Gasteiger partial charge in [-0.15, -0.1) is 0 Å². The average molecular weight is 198 g/mol. The van der Waals surface area contributed by atoms with Gasteiger partial charge in [0.15, 0.2) is 5.78 Å². The summed E-state index contributed by atoms with van der Waals surface area (Å²) in [5, 5.41) is 0. The van der Waals surface area contributed by atoms with E-state index in [1.807, 2.05) is 13.8 Å². The zero-order chi connectivity index (χ0) is 10.9. The number of likely N-dealkylation sites (tertiary alicyclic amines) is 1. The van der Waals surface area contributed by atoms with Gasteiger partial charge in [-0.25, -0.2) is 0 Å². The number of rotatable bonds is 3. The lowest BCUT2D eigenvalue weighted by Gasteiger charge is -2.28. The van der Waals surface area contributed by atoms with Crippen LogP contribution in [0.25, 0.3) is 0 Å². The molecule has 0 aromatic rings. The van der Waals surface area contributed by atoms with Crippen LogP contribution in [0.5, 0.6) is 0 Å². The maximum absolute atomic E-state index is 11.9. The highest BCUT2D eigenvalue weighted by Crippen LogP contribution is 2.22. The van der Waals surface area contributed by atoms with Crippen LogP contribution in [0.2, 0.25) is 0 Å². The van der Waals surface area contributed by atoms with E-state index in [1.165, 1.54) is 0 Å². The number of hydrogen-bond acceptors (Lipinski definition) is 3. The molecule has 1 rings (SSSR count). The second kappa shape index (κ2) is 4.41. The van der Waals surface area contributed by atoms with Gasteiger partial charge in [-0.3, -0.25) is 9.69 Å². The first-order chi connectivity index (χ1) is 6.43. The second-order valence-corrected chi connectivity index (χ2v) is 4.86. The van der Waals surface area contributed by atoms with E-state index in [4.69, 9.17) is 5.73 Å². The van der Waals surface area contributed by atoms with Gasteiger partial charge < -0.3 is 5.73 Å². The molecule has 2 N–H and O–H groups in total. The van der Waals surface area contributed by atoms with Crippen LogP contribution in [0, 0.1) is 5.92 Å². The van der Waals surface area contributed by atoms with Gasteiger partial charge in [-0.1, -0.05) is 13.8 Å². The summed E-state index contributed by atoms with van der Waals surface area (Å²) in [5.41, 5.74) is 5.90. The minimum atomic E-state index is 0.0602. The molecule has 0 aromatic heterocycles. The Hall–Kier alpha value is -0.410. The largest absolute Gasteiger partial charge is 0.326 e. The standard InChI is InChI=1S/C11H22N2O/c1-7(2)11(14)10-5-9(12)6-13(10)8(3)4/h7-10H,5-6,12H2,1-4H3/t9?,10-/m0/s1. The third-order valence-electron chi connectivity index (χ3n) is 2.93. The van der Waals surface area contributed by atoms with Crippen LogP contribution >= 0.6 is 0 Å². The van der Waals surface area contributed by atoms with Crippen LogP contribution in [0.4, 0.5) is 0 Å². The van der Waals surface area contributed by atoms with Gasteiger partial charge >= 0.3 is 0 Å². The van der Waals surface area contributed by atoms with Crippen molar-refractivity contribution in [2.45, 2.75) is 52.2 Å². The van der Waals surface area contributed by atoms with Gasteiger partial charge in [0, 0.05) is 24.5 Å². The average Bonchev–Trinajstić information content (AvgIpc) is 2.45. The summed E-state index contributed by atoms with van der Waals surface area (Å²) < 4.78 is 0.